The van der Waals surface area contributed by atoms with Crippen LogP contribution in [0, 0.1) is 0 Å². The molecule has 0 amide bonds. The smallest absolute Gasteiger partial charge is 0.167 e. The molecule has 0 radical (unpaired) electrons. The highest BCUT2D eigenvalue weighted by Gasteiger charge is 2.31. The molecule has 1 heterocycles. The van der Waals surface area contributed by atoms with E-state index in [1.54, 1.807) is 6.07 Å². The summed E-state index contributed by atoms with van der Waals surface area (Å²) < 4.78 is 11.0. The molecule has 98 valence electrons. The molecule has 0 spiro atoms. The second-order valence-electron chi connectivity index (χ2n) is 5.20. The van der Waals surface area contributed by atoms with Crippen LogP contribution < -0.4 is 9.47 Å². The van der Waals surface area contributed by atoms with Crippen molar-refractivity contribution < 1.29 is 19.4 Å². The van der Waals surface area contributed by atoms with Gasteiger partial charge in [0.15, 0.2) is 5.78 Å². The van der Waals surface area contributed by atoms with Crippen LogP contribution in [0.2, 0.25) is 0 Å². The van der Waals surface area contributed by atoms with Crippen LogP contribution in [0.25, 0.3) is 0 Å². The molecule has 0 aliphatic carbocycles. The van der Waals surface area contributed by atoms with Crippen molar-refractivity contribution in [3.05, 3.63) is 17.2 Å². The van der Waals surface area contributed by atoms with Gasteiger partial charge in [0.05, 0.1) is 7.11 Å². The summed E-state index contributed by atoms with van der Waals surface area (Å²) in [7, 11) is 1.47. The number of hydrogen-bond donors (Lipinski definition) is 1. The SMILES string of the molecule is COc1cc2c(c(O)c1C(C)=O)CCC(C)(C)O2. The van der Waals surface area contributed by atoms with Crippen LogP contribution in [0.1, 0.15) is 43.1 Å². The molecule has 4 nitrogen and oxygen atoms in total. The summed E-state index contributed by atoms with van der Waals surface area (Å²) in [5.41, 5.74) is 0.669. The highest BCUT2D eigenvalue weighted by molar-refractivity contribution is 6.00. The summed E-state index contributed by atoms with van der Waals surface area (Å²) in [6, 6.07) is 1.69. The van der Waals surface area contributed by atoms with Gasteiger partial charge in [0.25, 0.3) is 0 Å². The highest BCUT2D eigenvalue weighted by Crippen LogP contribution is 2.44. The Morgan fingerprint density at radius 1 is 1.50 bits per heavy atom. The van der Waals surface area contributed by atoms with Gasteiger partial charge in [0, 0.05) is 11.6 Å². The van der Waals surface area contributed by atoms with Crippen LogP contribution in [-0.4, -0.2) is 23.6 Å². The summed E-state index contributed by atoms with van der Waals surface area (Å²) in [5.74, 6) is 0.742. The maximum atomic E-state index is 11.6. The number of carbonyl (C=O) groups excluding carboxylic acids is 1. The first-order valence-corrected chi connectivity index (χ1v) is 5.98. The van der Waals surface area contributed by atoms with Crippen molar-refractivity contribution in [2.24, 2.45) is 0 Å². The number of ketones is 1. The summed E-state index contributed by atoms with van der Waals surface area (Å²) in [6.07, 6.45) is 1.50. The van der Waals surface area contributed by atoms with Gasteiger partial charge in [-0.1, -0.05) is 0 Å². The number of hydrogen-bond acceptors (Lipinski definition) is 4. The first-order chi connectivity index (χ1) is 8.35. The summed E-state index contributed by atoms with van der Waals surface area (Å²) >= 11 is 0. The predicted octanol–water partition coefficient (Wildman–Crippen LogP) is 2.71. The molecule has 0 aromatic heterocycles. The van der Waals surface area contributed by atoms with Crippen molar-refractivity contribution in [2.75, 3.05) is 7.11 Å². The third-order valence-corrected chi connectivity index (χ3v) is 3.26. The molecule has 1 aromatic rings. The molecule has 0 bridgehead atoms. The van der Waals surface area contributed by atoms with Gasteiger partial charge in [0.2, 0.25) is 0 Å². The van der Waals surface area contributed by atoms with Gasteiger partial charge in [-0.05, 0) is 33.6 Å². The van der Waals surface area contributed by atoms with E-state index < -0.39 is 0 Å². The largest absolute Gasteiger partial charge is 0.507 e. The van der Waals surface area contributed by atoms with Crippen LogP contribution in [0.5, 0.6) is 17.2 Å². The van der Waals surface area contributed by atoms with Gasteiger partial charge in [-0.3, -0.25) is 4.79 Å². The third kappa shape index (κ3) is 2.03. The monoisotopic (exact) mass is 250 g/mol. The summed E-state index contributed by atoms with van der Waals surface area (Å²) in [4.78, 5) is 11.6. The summed E-state index contributed by atoms with van der Waals surface area (Å²) in [6.45, 7) is 5.41. The molecule has 18 heavy (non-hydrogen) atoms. The normalized spacial score (nSPS) is 16.7. The van der Waals surface area contributed by atoms with Crippen LogP contribution in [0.4, 0.5) is 0 Å². The molecule has 1 aliphatic heterocycles. The fourth-order valence-corrected chi connectivity index (χ4v) is 2.27. The number of Topliss-reactive ketones (excluding diaryl/α,β-unsaturated/α-hetero) is 1. The number of benzene rings is 1. The molecule has 1 aliphatic rings. The minimum atomic E-state index is -0.262. The Hall–Kier alpha value is -1.71. The Balaban J connectivity index is 2.61. The number of carbonyl (C=O) groups is 1. The fourth-order valence-electron chi connectivity index (χ4n) is 2.27. The Morgan fingerprint density at radius 2 is 2.17 bits per heavy atom. The van der Waals surface area contributed by atoms with E-state index in [9.17, 15) is 9.90 Å². The lowest BCUT2D eigenvalue weighted by molar-refractivity contribution is 0.0831. The van der Waals surface area contributed by atoms with Crippen molar-refractivity contribution in [3.63, 3.8) is 0 Å². The topological polar surface area (TPSA) is 55.8 Å². The van der Waals surface area contributed by atoms with Crippen LogP contribution in [0.15, 0.2) is 6.07 Å². The predicted molar refractivity (Wildman–Crippen MR) is 67.7 cm³/mol. The average Bonchev–Trinajstić information content (AvgIpc) is 2.26. The van der Waals surface area contributed by atoms with E-state index in [4.69, 9.17) is 9.47 Å². The molecule has 2 rings (SSSR count). The standard InChI is InChI=1S/C14H18O4/c1-8(15)12-11(17-4)7-10-9(13(12)16)5-6-14(2,3)18-10/h7,16H,5-6H2,1-4H3. The van der Waals surface area contributed by atoms with Crippen molar-refractivity contribution in [3.8, 4) is 17.2 Å². The molecule has 1 N–H and O–H groups in total. The maximum absolute atomic E-state index is 11.6. The second kappa shape index (κ2) is 4.19. The zero-order chi connectivity index (χ0) is 13.5. The minimum absolute atomic E-state index is 0.00708. The van der Waals surface area contributed by atoms with Gasteiger partial charge < -0.3 is 14.6 Å². The van der Waals surface area contributed by atoms with Gasteiger partial charge in [-0.15, -0.1) is 0 Å². The second-order valence-corrected chi connectivity index (χ2v) is 5.20. The van der Waals surface area contributed by atoms with E-state index in [1.807, 2.05) is 13.8 Å². The van der Waals surface area contributed by atoms with Gasteiger partial charge in [-0.2, -0.15) is 0 Å². The molecule has 0 fully saturated rings. The lowest BCUT2D eigenvalue weighted by Crippen LogP contribution is -2.32. The molecular weight excluding hydrogens is 232 g/mol. The van der Waals surface area contributed by atoms with Gasteiger partial charge >= 0.3 is 0 Å². The summed E-state index contributed by atoms with van der Waals surface area (Å²) in [5, 5.41) is 10.2. The molecule has 0 saturated heterocycles. The molecule has 0 saturated carbocycles. The van der Waals surface area contributed by atoms with E-state index in [0.29, 0.717) is 23.5 Å². The number of aromatic hydroxyl groups is 1. The number of methoxy groups -OCH3 is 1. The average molecular weight is 250 g/mol. The number of phenols is 1. The van der Waals surface area contributed by atoms with Crippen molar-refractivity contribution in [2.45, 2.75) is 39.2 Å². The van der Waals surface area contributed by atoms with E-state index in [0.717, 1.165) is 6.42 Å². The van der Waals surface area contributed by atoms with E-state index >= 15 is 0 Å². The molecular formula is C14H18O4. The number of fused-ring (bicyclic) bond motifs is 1. The molecule has 1 aromatic carbocycles. The number of phenolic OH excluding ortho intramolecular Hbond substituents is 1. The Labute approximate surface area is 107 Å². The van der Waals surface area contributed by atoms with Crippen molar-refractivity contribution in [1.82, 2.24) is 0 Å². The lowest BCUT2D eigenvalue weighted by atomic mass is 9.91. The van der Waals surface area contributed by atoms with Crippen LogP contribution in [-0.2, 0) is 6.42 Å². The Kier molecular flexibility index (Phi) is 2.97. The first kappa shape index (κ1) is 12.7. The zero-order valence-corrected chi connectivity index (χ0v) is 11.2. The molecule has 0 atom stereocenters. The van der Waals surface area contributed by atoms with Crippen LogP contribution >= 0.6 is 0 Å². The fraction of sp³-hybridized carbons (Fsp3) is 0.500. The van der Waals surface area contributed by atoms with Crippen LogP contribution in [0.3, 0.4) is 0 Å². The maximum Gasteiger partial charge on any atom is 0.167 e. The highest BCUT2D eigenvalue weighted by atomic mass is 16.5. The van der Waals surface area contributed by atoms with Crippen molar-refractivity contribution >= 4 is 5.78 Å². The minimum Gasteiger partial charge on any atom is -0.507 e. The van der Waals surface area contributed by atoms with E-state index in [-0.39, 0.29) is 22.7 Å². The Bertz CT molecular complexity index is 503. The van der Waals surface area contributed by atoms with E-state index in [1.165, 1.54) is 14.0 Å². The third-order valence-electron chi connectivity index (χ3n) is 3.26. The van der Waals surface area contributed by atoms with Gasteiger partial charge in [0.1, 0.15) is 28.4 Å². The quantitative estimate of drug-likeness (QED) is 0.820. The molecule has 4 heteroatoms. The van der Waals surface area contributed by atoms with E-state index in [2.05, 4.69) is 0 Å². The number of ether oxygens (including phenoxy) is 2. The number of rotatable bonds is 2. The molecule has 0 unspecified atom stereocenters. The van der Waals surface area contributed by atoms with Crippen molar-refractivity contribution in [1.29, 1.82) is 0 Å². The first-order valence-electron chi connectivity index (χ1n) is 5.98. The van der Waals surface area contributed by atoms with Gasteiger partial charge in [-0.25, -0.2) is 0 Å². The lowest BCUT2D eigenvalue weighted by Gasteiger charge is -2.33. The Morgan fingerprint density at radius 3 is 2.72 bits per heavy atom. The zero-order valence-electron chi connectivity index (χ0n) is 11.2.